The molecule has 0 fully saturated rings. The van der Waals surface area contributed by atoms with Gasteiger partial charge in [-0.05, 0) is 18.2 Å². The molecule has 0 amide bonds. The van der Waals surface area contributed by atoms with Crippen molar-refractivity contribution in [3.05, 3.63) is 28.5 Å². The molecular weight excluding hydrogens is 283 g/mol. The van der Waals surface area contributed by atoms with Crippen molar-refractivity contribution in [2.75, 3.05) is 25.6 Å². The summed E-state index contributed by atoms with van der Waals surface area (Å²) in [5.41, 5.74) is 0. The van der Waals surface area contributed by atoms with Gasteiger partial charge in [-0.2, -0.15) is 12.6 Å². The van der Waals surface area contributed by atoms with Crippen molar-refractivity contribution in [1.82, 2.24) is 0 Å². The highest BCUT2D eigenvalue weighted by atomic mass is 79.9. The summed E-state index contributed by atoms with van der Waals surface area (Å²) < 4.78 is 24.2. The maximum atomic E-state index is 13.2. The van der Waals surface area contributed by atoms with Crippen LogP contribution in [0.15, 0.2) is 22.7 Å². The van der Waals surface area contributed by atoms with E-state index in [-0.39, 0.29) is 11.6 Å². The lowest BCUT2D eigenvalue weighted by Gasteiger charge is -2.07. The van der Waals surface area contributed by atoms with Crippen LogP contribution in [0, 0.1) is 5.82 Å². The molecule has 0 unspecified atom stereocenters. The van der Waals surface area contributed by atoms with Crippen molar-refractivity contribution in [1.29, 1.82) is 0 Å². The van der Waals surface area contributed by atoms with Gasteiger partial charge in [-0.25, -0.2) is 4.39 Å². The third kappa shape index (κ3) is 4.86. The van der Waals surface area contributed by atoms with Crippen LogP contribution in [0.25, 0.3) is 0 Å². The van der Waals surface area contributed by atoms with Crippen LogP contribution in [0.2, 0.25) is 0 Å². The van der Waals surface area contributed by atoms with Gasteiger partial charge in [-0.3, -0.25) is 0 Å². The first-order chi connectivity index (χ1) is 7.24. The van der Waals surface area contributed by atoms with Gasteiger partial charge in [0.2, 0.25) is 0 Å². The summed E-state index contributed by atoms with van der Waals surface area (Å²) in [5, 5.41) is 0. The Bertz CT molecular complexity index is 309. The highest BCUT2D eigenvalue weighted by Crippen LogP contribution is 2.21. The minimum absolute atomic E-state index is 0.243. The molecule has 0 aliphatic carbocycles. The molecule has 1 rings (SSSR count). The second-order valence-corrected chi connectivity index (χ2v) is 4.12. The molecule has 0 aromatic heterocycles. The van der Waals surface area contributed by atoms with Gasteiger partial charge in [-0.15, -0.1) is 0 Å². The van der Waals surface area contributed by atoms with Crippen molar-refractivity contribution < 1.29 is 13.9 Å². The normalized spacial score (nSPS) is 10.3. The van der Waals surface area contributed by atoms with Crippen LogP contribution in [0.1, 0.15) is 0 Å². The molecule has 0 aliphatic heterocycles. The predicted molar refractivity (Wildman–Crippen MR) is 64.3 cm³/mol. The minimum atomic E-state index is -0.376. The van der Waals surface area contributed by atoms with Crippen LogP contribution in [-0.2, 0) is 4.74 Å². The second-order valence-electron chi connectivity index (χ2n) is 2.76. The van der Waals surface area contributed by atoms with Crippen LogP contribution in [0.5, 0.6) is 5.75 Å². The molecule has 0 saturated carbocycles. The monoisotopic (exact) mass is 294 g/mol. The molecule has 0 saturated heterocycles. The summed E-state index contributed by atoms with van der Waals surface area (Å²) in [5.74, 6) is 0.540. The largest absolute Gasteiger partial charge is 0.488 e. The molecular formula is C10H12BrFO2S. The molecule has 0 aliphatic rings. The fourth-order valence-electron chi connectivity index (χ4n) is 0.969. The van der Waals surface area contributed by atoms with E-state index in [4.69, 9.17) is 9.47 Å². The lowest BCUT2D eigenvalue weighted by molar-refractivity contribution is 0.110. The molecule has 0 N–H and O–H groups in total. The van der Waals surface area contributed by atoms with E-state index in [0.717, 1.165) is 0 Å². The molecule has 0 heterocycles. The zero-order chi connectivity index (χ0) is 11.1. The van der Waals surface area contributed by atoms with Crippen molar-refractivity contribution in [2.24, 2.45) is 0 Å². The molecule has 1 aromatic rings. The number of hydrogen-bond acceptors (Lipinski definition) is 3. The highest BCUT2D eigenvalue weighted by molar-refractivity contribution is 9.10. The van der Waals surface area contributed by atoms with Gasteiger partial charge in [0, 0.05) is 10.2 Å². The van der Waals surface area contributed by atoms with Crippen molar-refractivity contribution >= 4 is 28.6 Å². The van der Waals surface area contributed by atoms with Crippen LogP contribution in [-0.4, -0.2) is 25.6 Å². The molecule has 15 heavy (non-hydrogen) atoms. The number of hydrogen-bond donors (Lipinski definition) is 1. The average Bonchev–Trinajstić information content (AvgIpc) is 2.20. The highest BCUT2D eigenvalue weighted by Gasteiger charge is 2.02. The molecule has 1 aromatic carbocycles. The van der Waals surface area contributed by atoms with E-state index < -0.39 is 0 Å². The fraction of sp³-hybridized carbons (Fsp3) is 0.400. The maximum absolute atomic E-state index is 13.2. The average molecular weight is 295 g/mol. The third-order valence-electron chi connectivity index (χ3n) is 1.61. The SMILES string of the molecule is Fc1cc(Br)ccc1OCCOCCS. The van der Waals surface area contributed by atoms with E-state index in [1.165, 1.54) is 6.07 Å². The first-order valence-corrected chi connectivity index (χ1v) is 5.93. The smallest absolute Gasteiger partial charge is 0.166 e. The Morgan fingerprint density at radius 2 is 2.07 bits per heavy atom. The van der Waals surface area contributed by atoms with E-state index in [2.05, 4.69) is 28.6 Å². The summed E-state index contributed by atoms with van der Waals surface area (Å²) >= 11 is 7.16. The van der Waals surface area contributed by atoms with Gasteiger partial charge in [0.15, 0.2) is 11.6 Å². The summed E-state index contributed by atoms with van der Waals surface area (Å²) in [4.78, 5) is 0. The Balaban J connectivity index is 2.31. The van der Waals surface area contributed by atoms with Gasteiger partial charge in [0.25, 0.3) is 0 Å². The second kappa shape index (κ2) is 7.09. The lowest BCUT2D eigenvalue weighted by atomic mass is 10.3. The van der Waals surface area contributed by atoms with Gasteiger partial charge in [0.1, 0.15) is 6.61 Å². The summed E-state index contributed by atoms with van der Waals surface area (Å²) in [7, 11) is 0. The van der Waals surface area contributed by atoms with E-state index in [1.807, 2.05) is 0 Å². The molecule has 0 spiro atoms. The predicted octanol–water partition coefficient (Wildman–Crippen LogP) is 2.91. The number of rotatable bonds is 6. The number of thiol groups is 1. The van der Waals surface area contributed by atoms with Gasteiger partial charge >= 0.3 is 0 Å². The minimum Gasteiger partial charge on any atom is -0.488 e. The summed E-state index contributed by atoms with van der Waals surface area (Å²) in [6.45, 7) is 1.36. The molecule has 0 atom stereocenters. The first-order valence-electron chi connectivity index (χ1n) is 4.50. The molecule has 5 heteroatoms. The standard InChI is InChI=1S/C10H12BrFO2S/c11-8-1-2-10(9(12)7-8)14-4-3-13-5-6-15/h1-2,7,15H,3-6H2. The lowest BCUT2D eigenvalue weighted by Crippen LogP contribution is -2.08. The molecule has 0 bridgehead atoms. The molecule has 0 radical (unpaired) electrons. The quantitative estimate of drug-likeness (QED) is 0.642. The van der Waals surface area contributed by atoms with Crippen LogP contribution < -0.4 is 4.74 Å². The Morgan fingerprint density at radius 3 is 2.73 bits per heavy atom. The molecule has 84 valence electrons. The number of halogens is 2. The van der Waals surface area contributed by atoms with Gasteiger partial charge < -0.3 is 9.47 Å². The first kappa shape index (κ1) is 12.8. The van der Waals surface area contributed by atoms with Crippen LogP contribution in [0.4, 0.5) is 4.39 Å². The van der Waals surface area contributed by atoms with E-state index in [0.29, 0.717) is 30.0 Å². The van der Waals surface area contributed by atoms with E-state index >= 15 is 0 Å². The van der Waals surface area contributed by atoms with Crippen molar-refractivity contribution in [3.63, 3.8) is 0 Å². The zero-order valence-corrected chi connectivity index (χ0v) is 10.6. The topological polar surface area (TPSA) is 18.5 Å². The van der Waals surface area contributed by atoms with Gasteiger partial charge in [0.05, 0.1) is 13.2 Å². The Labute approximate surface area is 102 Å². The van der Waals surface area contributed by atoms with Gasteiger partial charge in [-0.1, -0.05) is 15.9 Å². The number of ether oxygens (including phenoxy) is 2. The van der Waals surface area contributed by atoms with Crippen LogP contribution >= 0.6 is 28.6 Å². The Kier molecular flexibility index (Phi) is 6.05. The zero-order valence-electron chi connectivity index (χ0n) is 8.08. The maximum Gasteiger partial charge on any atom is 0.166 e. The van der Waals surface area contributed by atoms with Crippen LogP contribution in [0.3, 0.4) is 0 Å². The Hall–Kier alpha value is -0.260. The summed E-state index contributed by atoms with van der Waals surface area (Å²) in [6, 6.07) is 4.68. The van der Waals surface area contributed by atoms with E-state index in [1.54, 1.807) is 12.1 Å². The van der Waals surface area contributed by atoms with Crippen molar-refractivity contribution in [3.8, 4) is 5.75 Å². The number of benzene rings is 1. The Morgan fingerprint density at radius 1 is 1.27 bits per heavy atom. The third-order valence-corrected chi connectivity index (χ3v) is 2.29. The summed E-state index contributed by atoms with van der Waals surface area (Å²) in [6.07, 6.45) is 0. The van der Waals surface area contributed by atoms with E-state index in [9.17, 15) is 4.39 Å². The fourth-order valence-corrected chi connectivity index (χ4v) is 1.43. The van der Waals surface area contributed by atoms with Crippen molar-refractivity contribution in [2.45, 2.75) is 0 Å². The molecule has 2 nitrogen and oxygen atoms in total.